The Morgan fingerprint density at radius 3 is 1.64 bits per heavy atom. The topological polar surface area (TPSA) is 72.9 Å². The van der Waals surface area contributed by atoms with E-state index in [1.165, 1.54) is 7.11 Å². The van der Waals surface area contributed by atoms with E-state index in [0.29, 0.717) is 0 Å². The van der Waals surface area contributed by atoms with E-state index in [9.17, 15) is 13.2 Å². The molecule has 3 aromatic rings. The number of carbonyl (C=O) groups is 1. The van der Waals surface area contributed by atoms with Crippen LogP contribution in [0.4, 0.5) is 0 Å². The predicted molar refractivity (Wildman–Crippen MR) is 126 cm³/mol. The molecule has 1 fully saturated rings. The zero-order valence-corrected chi connectivity index (χ0v) is 19.4. The first-order valence-corrected chi connectivity index (χ1v) is 12.6. The lowest BCUT2D eigenvalue weighted by Crippen LogP contribution is -2.53. The number of carbonyl (C=O) groups excluding carboxylic acids is 1. The zero-order chi connectivity index (χ0) is 23.5. The number of ether oxygens (including phenoxy) is 1. The first-order chi connectivity index (χ1) is 15.9. The number of hydrogen-bond acceptors (Lipinski definition) is 6. The second-order valence-electron chi connectivity index (χ2n) is 8.16. The molecule has 0 saturated carbocycles. The van der Waals surface area contributed by atoms with Gasteiger partial charge in [-0.15, -0.1) is 0 Å². The molecule has 172 valence electrons. The van der Waals surface area contributed by atoms with Crippen molar-refractivity contribution in [3.05, 3.63) is 108 Å². The third kappa shape index (κ3) is 4.57. The van der Waals surface area contributed by atoms with E-state index in [2.05, 4.69) is 0 Å². The van der Waals surface area contributed by atoms with E-state index in [0.717, 1.165) is 22.9 Å². The summed E-state index contributed by atoms with van der Waals surface area (Å²) in [5.41, 5.74) is 1.99. The molecule has 6 nitrogen and oxygen atoms in total. The molecular formula is C26H27NO5S. The SMILES string of the molecule is COC(=O)[C@@H]1CC(OS(C)(=O)=O)CN1C(c1ccccc1)(c1ccccc1)c1ccccc1. The average Bonchev–Trinajstić information content (AvgIpc) is 3.23. The summed E-state index contributed by atoms with van der Waals surface area (Å²) in [7, 11) is -2.36. The van der Waals surface area contributed by atoms with Gasteiger partial charge in [-0.2, -0.15) is 8.42 Å². The Labute approximate surface area is 194 Å². The Morgan fingerprint density at radius 1 is 0.848 bits per heavy atom. The van der Waals surface area contributed by atoms with Crippen LogP contribution in [0, 0.1) is 0 Å². The summed E-state index contributed by atoms with van der Waals surface area (Å²) in [6.07, 6.45) is 0.551. The van der Waals surface area contributed by atoms with Crippen LogP contribution in [0.2, 0.25) is 0 Å². The molecular weight excluding hydrogens is 438 g/mol. The second-order valence-corrected chi connectivity index (χ2v) is 9.76. The fourth-order valence-corrected chi connectivity index (χ4v) is 5.51. The lowest BCUT2D eigenvalue weighted by atomic mass is 9.75. The Morgan fingerprint density at radius 2 is 1.27 bits per heavy atom. The van der Waals surface area contributed by atoms with E-state index in [4.69, 9.17) is 8.92 Å². The maximum absolute atomic E-state index is 13.0. The summed E-state index contributed by atoms with van der Waals surface area (Å²) in [4.78, 5) is 15.0. The van der Waals surface area contributed by atoms with Gasteiger partial charge in [0.25, 0.3) is 10.1 Å². The van der Waals surface area contributed by atoms with Gasteiger partial charge in [-0.1, -0.05) is 91.0 Å². The van der Waals surface area contributed by atoms with Crippen molar-refractivity contribution in [3.8, 4) is 0 Å². The van der Waals surface area contributed by atoms with Gasteiger partial charge in [0, 0.05) is 13.0 Å². The van der Waals surface area contributed by atoms with Crippen molar-refractivity contribution < 1.29 is 22.1 Å². The summed E-state index contributed by atoms with van der Waals surface area (Å²) in [5, 5.41) is 0. The van der Waals surface area contributed by atoms with Crippen molar-refractivity contribution >= 4 is 16.1 Å². The summed E-state index contributed by atoms with van der Waals surface area (Å²) in [6, 6.07) is 29.1. The third-order valence-corrected chi connectivity index (χ3v) is 6.67. The van der Waals surface area contributed by atoms with Crippen LogP contribution >= 0.6 is 0 Å². The van der Waals surface area contributed by atoms with Gasteiger partial charge in [-0.25, -0.2) is 0 Å². The van der Waals surface area contributed by atoms with Gasteiger partial charge in [0.1, 0.15) is 6.04 Å². The van der Waals surface area contributed by atoms with Gasteiger partial charge in [0.05, 0.1) is 25.0 Å². The van der Waals surface area contributed by atoms with Gasteiger partial charge in [-0.3, -0.25) is 13.9 Å². The largest absolute Gasteiger partial charge is 0.468 e. The molecule has 0 aromatic heterocycles. The van der Waals surface area contributed by atoms with Crippen molar-refractivity contribution in [1.82, 2.24) is 4.90 Å². The summed E-state index contributed by atoms with van der Waals surface area (Å²) >= 11 is 0. The zero-order valence-electron chi connectivity index (χ0n) is 18.6. The average molecular weight is 466 g/mol. The Balaban J connectivity index is 2.00. The molecule has 0 bridgehead atoms. The standard InChI is InChI=1S/C26H27NO5S/c1-31-25(28)24-18-23(32-33(2,29)30)19-27(24)26(20-12-6-3-7-13-20,21-14-8-4-9-15-21)22-16-10-5-11-17-22/h3-17,23-24H,18-19H2,1-2H3/t23?,24-/m0/s1. The maximum Gasteiger partial charge on any atom is 0.323 e. The first kappa shape index (κ1) is 23.2. The first-order valence-electron chi connectivity index (χ1n) is 10.8. The molecule has 1 aliphatic rings. The Hall–Kier alpha value is -3.00. The van der Waals surface area contributed by atoms with Crippen molar-refractivity contribution in [1.29, 1.82) is 0 Å². The highest BCUT2D eigenvalue weighted by atomic mass is 32.2. The number of methoxy groups -OCH3 is 1. The highest BCUT2D eigenvalue weighted by Gasteiger charge is 2.52. The van der Waals surface area contributed by atoms with Gasteiger partial charge in [-0.05, 0) is 16.7 Å². The Kier molecular flexibility index (Phi) is 6.65. The summed E-state index contributed by atoms with van der Waals surface area (Å²) in [5.74, 6) is -0.429. The summed E-state index contributed by atoms with van der Waals surface area (Å²) < 4.78 is 34.4. The van der Waals surface area contributed by atoms with Crippen molar-refractivity contribution in [2.24, 2.45) is 0 Å². The Bertz CT molecular complexity index is 1090. The quantitative estimate of drug-likeness (QED) is 0.302. The molecule has 2 atom stereocenters. The number of hydrogen-bond donors (Lipinski definition) is 0. The van der Waals surface area contributed by atoms with E-state index in [-0.39, 0.29) is 13.0 Å². The fraction of sp³-hybridized carbons (Fsp3) is 0.269. The molecule has 1 saturated heterocycles. The van der Waals surface area contributed by atoms with Crippen LogP contribution in [0.5, 0.6) is 0 Å². The van der Waals surface area contributed by atoms with E-state index in [1.54, 1.807) is 0 Å². The van der Waals surface area contributed by atoms with Crippen LogP contribution in [-0.2, 0) is 29.4 Å². The minimum atomic E-state index is -3.70. The van der Waals surface area contributed by atoms with Crippen LogP contribution in [0.1, 0.15) is 23.1 Å². The number of benzene rings is 3. The van der Waals surface area contributed by atoms with Crippen LogP contribution < -0.4 is 0 Å². The highest BCUT2D eigenvalue weighted by molar-refractivity contribution is 7.86. The van der Waals surface area contributed by atoms with Crippen LogP contribution in [0.15, 0.2) is 91.0 Å². The van der Waals surface area contributed by atoms with Crippen LogP contribution in [0.25, 0.3) is 0 Å². The number of likely N-dealkylation sites (tertiary alicyclic amines) is 1. The molecule has 1 heterocycles. The molecule has 0 N–H and O–H groups in total. The fourth-order valence-electron chi connectivity index (χ4n) is 4.88. The molecule has 3 aromatic carbocycles. The van der Waals surface area contributed by atoms with Gasteiger partial charge < -0.3 is 4.74 Å². The highest BCUT2D eigenvalue weighted by Crippen LogP contribution is 2.46. The van der Waals surface area contributed by atoms with Crippen molar-refractivity contribution in [2.45, 2.75) is 24.1 Å². The third-order valence-electron chi connectivity index (χ3n) is 6.05. The second kappa shape index (κ2) is 9.47. The minimum absolute atomic E-state index is 0.202. The molecule has 4 rings (SSSR count). The lowest BCUT2D eigenvalue weighted by molar-refractivity contribution is -0.147. The lowest BCUT2D eigenvalue weighted by Gasteiger charge is -2.45. The minimum Gasteiger partial charge on any atom is -0.468 e. The number of esters is 1. The molecule has 33 heavy (non-hydrogen) atoms. The molecule has 1 aliphatic heterocycles. The van der Waals surface area contributed by atoms with E-state index < -0.39 is 33.8 Å². The van der Waals surface area contributed by atoms with Crippen LogP contribution in [-0.4, -0.2) is 51.3 Å². The molecule has 0 aliphatic carbocycles. The van der Waals surface area contributed by atoms with Crippen molar-refractivity contribution in [3.63, 3.8) is 0 Å². The number of nitrogens with zero attached hydrogens (tertiary/aromatic N) is 1. The van der Waals surface area contributed by atoms with E-state index >= 15 is 0 Å². The van der Waals surface area contributed by atoms with Gasteiger partial charge in [0.2, 0.25) is 0 Å². The summed E-state index contributed by atoms with van der Waals surface area (Å²) in [6.45, 7) is 0.228. The monoisotopic (exact) mass is 465 g/mol. The number of rotatable bonds is 7. The predicted octanol–water partition coefficient (Wildman–Crippen LogP) is 3.57. The van der Waals surface area contributed by atoms with Gasteiger partial charge in [0.15, 0.2) is 0 Å². The van der Waals surface area contributed by atoms with Crippen LogP contribution in [0.3, 0.4) is 0 Å². The molecule has 0 amide bonds. The smallest absolute Gasteiger partial charge is 0.323 e. The van der Waals surface area contributed by atoms with E-state index in [1.807, 2.05) is 95.9 Å². The van der Waals surface area contributed by atoms with Crippen molar-refractivity contribution in [2.75, 3.05) is 19.9 Å². The maximum atomic E-state index is 13.0. The normalized spacial score (nSPS) is 19.3. The molecule has 0 spiro atoms. The van der Waals surface area contributed by atoms with Gasteiger partial charge >= 0.3 is 5.97 Å². The molecule has 7 heteroatoms. The molecule has 1 unspecified atom stereocenters. The molecule has 0 radical (unpaired) electrons.